The summed E-state index contributed by atoms with van der Waals surface area (Å²) < 4.78 is 5.47. The van der Waals surface area contributed by atoms with Gasteiger partial charge in [0.15, 0.2) is 0 Å². The molecule has 0 radical (unpaired) electrons. The van der Waals surface area contributed by atoms with Gasteiger partial charge in [-0.25, -0.2) is 0 Å². The Kier molecular flexibility index (Phi) is 4.86. The molecule has 2 N–H and O–H groups in total. The van der Waals surface area contributed by atoms with E-state index in [-0.39, 0.29) is 18.1 Å². The summed E-state index contributed by atoms with van der Waals surface area (Å²) in [5.74, 6) is 0.665. The van der Waals surface area contributed by atoms with Crippen LogP contribution in [0, 0.1) is 0 Å². The Hall–Kier alpha value is -2.44. The average Bonchev–Trinajstić information content (AvgIpc) is 2.44. The van der Waals surface area contributed by atoms with Crippen LogP contribution in [0.2, 0.25) is 0 Å². The van der Waals surface area contributed by atoms with E-state index in [2.05, 4.69) is 19.9 Å². The van der Waals surface area contributed by atoms with Crippen LogP contribution in [0.25, 0.3) is 0 Å². The predicted octanol–water partition coefficient (Wildman–Crippen LogP) is 1.31. The van der Waals surface area contributed by atoms with Gasteiger partial charge >= 0.3 is 6.01 Å². The lowest BCUT2D eigenvalue weighted by molar-refractivity contribution is 0.222. The number of ether oxygens (including phenoxy) is 1. The fourth-order valence-electron chi connectivity index (χ4n) is 1.74. The maximum Gasteiger partial charge on any atom is 0.323 e. The van der Waals surface area contributed by atoms with Gasteiger partial charge in [-0.3, -0.25) is 4.98 Å². The third kappa shape index (κ3) is 4.55. The standard InChI is InChI=1S/C14H20N6O/c1-10(2)21-14-18-12(15)17-13(19-14)20(3)9-6-11-4-7-16-8-5-11/h4-5,7-8,10H,6,9H2,1-3H3,(H2,15,17,18,19). The van der Waals surface area contributed by atoms with E-state index in [1.54, 1.807) is 12.4 Å². The number of nitrogens with zero attached hydrogens (tertiary/aromatic N) is 5. The van der Waals surface area contributed by atoms with Crippen molar-refractivity contribution in [2.45, 2.75) is 26.4 Å². The lowest BCUT2D eigenvalue weighted by atomic mass is 10.2. The van der Waals surface area contributed by atoms with E-state index in [1.165, 1.54) is 5.56 Å². The Morgan fingerprint density at radius 3 is 2.57 bits per heavy atom. The highest BCUT2D eigenvalue weighted by Crippen LogP contribution is 2.13. The molecule has 21 heavy (non-hydrogen) atoms. The van der Waals surface area contributed by atoms with Gasteiger partial charge in [-0.05, 0) is 38.0 Å². The van der Waals surface area contributed by atoms with Gasteiger partial charge in [0.1, 0.15) is 0 Å². The summed E-state index contributed by atoms with van der Waals surface area (Å²) in [4.78, 5) is 18.3. The second-order valence-corrected chi connectivity index (χ2v) is 4.97. The van der Waals surface area contributed by atoms with Crippen LogP contribution in [-0.2, 0) is 6.42 Å². The van der Waals surface area contributed by atoms with Gasteiger partial charge in [-0.2, -0.15) is 15.0 Å². The summed E-state index contributed by atoms with van der Waals surface area (Å²) in [6.45, 7) is 4.58. The molecule has 2 heterocycles. The van der Waals surface area contributed by atoms with E-state index in [9.17, 15) is 0 Å². The molecule has 2 aromatic rings. The van der Waals surface area contributed by atoms with Crippen molar-refractivity contribution in [2.75, 3.05) is 24.2 Å². The largest absolute Gasteiger partial charge is 0.461 e. The molecule has 0 spiro atoms. The van der Waals surface area contributed by atoms with Gasteiger partial charge in [-0.15, -0.1) is 0 Å². The van der Waals surface area contributed by atoms with Crippen molar-refractivity contribution >= 4 is 11.9 Å². The highest BCUT2D eigenvalue weighted by molar-refractivity contribution is 5.35. The third-order valence-corrected chi connectivity index (χ3v) is 2.79. The number of rotatable bonds is 6. The fraction of sp³-hybridized carbons (Fsp3) is 0.429. The normalized spacial score (nSPS) is 10.7. The molecule has 0 amide bonds. The molecule has 7 heteroatoms. The van der Waals surface area contributed by atoms with E-state index in [4.69, 9.17) is 10.5 Å². The molecule has 0 aliphatic rings. The summed E-state index contributed by atoms with van der Waals surface area (Å²) in [6, 6.07) is 4.23. The summed E-state index contributed by atoms with van der Waals surface area (Å²) in [7, 11) is 1.91. The number of hydrogen-bond donors (Lipinski definition) is 1. The summed E-state index contributed by atoms with van der Waals surface area (Å²) in [6.07, 6.45) is 4.42. The van der Waals surface area contributed by atoms with Crippen molar-refractivity contribution in [3.05, 3.63) is 30.1 Å². The van der Waals surface area contributed by atoms with Crippen LogP contribution >= 0.6 is 0 Å². The number of anilines is 2. The number of nitrogen functional groups attached to an aromatic ring is 1. The van der Waals surface area contributed by atoms with E-state index in [0.29, 0.717) is 5.95 Å². The minimum absolute atomic E-state index is 0.0122. The molecule has 2 aromatic heterocycles. The number of pyridine rings is 1. The smallest absolute Gasteiger partial charge is 0.323 e. The number of nitrogens with two attached hydrogens (primary N) is 1. The van der Waals surface area contributed by atoms with Crippen LogP contribution in [0.4, 0.5) is 11.9 Å². The lowest BCUT2D eigenvalue weighted by Gasteiger charge is -2.18. The molecule has 0 atom stereocenters. The number of aromatic nitrogens is 4. The Labute approximate surface area is 124 Å². The molecule has 0 aromatic carbocycles. The topological polar surface area (TPSA) is 90.0 Å². The first-order chi connectivity index (χ1) is 10.0. The molecule has 0 fully saturated rings. The summed E-state index contributed by atoms with van der Waals surface area (Å²) in [5, 5.41) is 0. The zero-order chi connectivity index (χ0) is 15.2. The minimum atomic E-state index is -0.0122. The first-order valence-corrected chi connectivity index (χ1v) is 6.83. The summed E-state index contributed by atoms with van der Waals surface area (Å²) >= 11 is 0. The highest BCUT2D eigenvalue weighted by atomic mass is 16.5. The van der Waals surface area contributed by atoms with Gasteiger partial charge < -0.3 is 15.4 Å². The van der Waals surface area contributed by atoms with Crippen LogP contribution in [0.3, 0.4) is 0 Å². The molecule has 0 saturated heterocycles. The lowest BCUT2D eigenvalue weighted by Crippen LogP contribution is -2.24. The Morgan fingerprint density at radius 1 is 1.19 bits per heavy atom. The molecule has 112 valence electrons. The number of likely N-dealkylation sites (N-methyl/N-ethyl adjacent to an activating group) is 1. The van der Waals surface area contributed by atoms with Gasteiger partial charge in [-0.1, -0.05) is 0 Å². The monoisotopic (exact) mass is 288 g/mol. The molecule has 0 bridgehead atoms. The highest BCUT2D eigenvalue weighted by Gasteiger charge is 2.11. The fourth-order valence-corrected chi connectivity index (χ4v) is 1.74. The Bertz CT molecular complexity index is 575. The van der Waals surface area contributed by atoms with E-state index in [0.717, 1.165) is 13.0 Å². The van der Waals surface area contributed by atoms with Gasteiger partial charge in [0.2, 0.25) is 11.9 Å². The van der Waals surface area contributed by atoms with Gasteiger partial charge in [0, 0.05) is 26.0 Å². The maximum atomic E-state index is 5.70. The zero-order valence-corrected chi connectivity index (χ0v) is 12.5. The summed E-state index contributed by atoms with van der Waals surface area (Å²) in [5.41, 5.74) is 6.91. The van der Waals surface area contributed by atoms with Crippen LogP contribution in [0.1, 0.15) is 19.4 Å². The molecule has 0 aliphatic carbocycles. The van der Waals surface area contributed by atoms with Crippen molar-refractivity contribution in [3.8, 4) is 6.01 Å². The quantitative estimate of drug-likeness (QED) is 0.857. The van der Waals surface area contributed by atoms with Gasteiger partial charge in [0.25, 0.3) is 0 Å². The Morgan fingerprint density at radius 2 is 1.90 bits per heavy atom. The predicted molar refractivity (Wildman–Crippen MR) is 81.2 cm³/mol. The molecular weight excluding hydrogens is 268 g/mol. The molecule has 0 unspecified atom stereocenters. The van der Waals surface area contributed by atoms with Crippen LogP contribution in [0.5, 0.6) is 6.01 Å². The third-order valence-electron chi connectivity index (χ3n) is 2.79. The van der Waals surface area contributed by atoms with E-state index < -0.39 is 0 Å². The Balaban J connectivity index is 2.04. The first kappa shape index (κ1) is 15.0. The van der Waals surface area contributed by atoms with Crippen LogP contribution in [0.15, 0.2) is 24.5 Å². The van der Waals surface area contributed by atoms with Gasteiger partial charge in [0.05, 0.1) is 6.10 Å². The van der Waals surface area contributed by atoms with Crippen molar-refractivity contribution in [2.24, 2.45) is 0 Å². The SMILES string of the molecule is CC(C)Oc1nc(N)nc(N(C)CCc2ccncc2)n1. The molecule has 7 nitrogen and oxygen atoms in total. The minimum Gasteiger partial charge on any atom is -0.461 e. The van der Waals surface area contributed by atoms with Crippen molar-refractivity contribution in [3.63, 3.8) is 0 Å². The van der Waals surface area contributed by atoms with Crippen LogP contribution in [-0.4, -0.2) is 39.6 Å². The van der Waals surface area contributed by atoms with E-state index >= 15 is 0 Å². The first-order valence-electron chi connectivity index (χ1n) is 6.83. The van der Waals surface area contributed by atoms with Crippen molar-refractivity contribution in [1.29, 1.82) is 0 Å². The second-order valence-electron chi connectivity index (χ2n) is 4.97. The zero-order valence-electron chi connectivity index (χ0n) is 12.5. The van der Waals surface area contributed by atoms with Crippen LogP contribution < -0.4 is 15.4 Å². The van der Waals surface area contributed by atoms with Crippen molar-refractivity contribution < 1.29 is 4.74 Å². The average molecular weight is 288 g/mol. The second kappa shape index (κ2) is 6.83. The van der Waals surface area contributed by atoms with E-state index in [1.807, 2.05) is 37.9 Å². The molecule has 2 rings (SSSR count). The number of hydrogen-bond acceptors (Lipinski definition) is 7. The van der Waals surface area contributed by atoms with Crippen molar-refractivity contribution in [1.82, 2.24) is 19.9 Å². The molecular formula is C14H20N6O. The molecule has 0 saturated carbocycles. The maximum absolute atomic E-state index is 5.70. The molecule has 0 aliphatic heterocycles.